The molecule has 0 unspecified atom stereocenters. The molecule has 1 N–H and O–H groups in total. The summed E-state index contributed by atoms with van der Waals surface area (Å²) in [6, 6.07) is 9.37. The van der Waals surface area contributed by atoms with Gasteiger partial charge in [-0.3, -0.25) is 9.68 Å². The van der Waals surface area contributed by atoms with Gasteiger partial charge in [0.1, 0.15) is 6.61 Å². The molecule has 1 heterocycles. The molecule has 6 heteroatoms. The maximum Gasteiger partial charge on any atom is 0.441 e. The van der Waals surface area contributed by atoms with E-state index in [1.54, 1.807) is 0 Å². The highest BCUT2D eigenvalue weighted by Gasteiger charge is 2.28. The van der Waals surface area contributed by atoms with Crippen molar-refractivity contribution >= 4 is 12.1 Å². The number of amides is 1. The molecule has 1 aliphatic rings. The van der Waals surface area contributed by atoms with Crippen LogP contribution in [0.25, 0.3) is 0 Å². The fourth-order valence-corrected chi connectivity index (χ4v) is 2.08. The van der Waals surface area contributed by atoms with Crippen LogP contribution in [0.5, 0.6) is 0 Å². The van der Waals surface area contributed by atoms with E-state index >= 15 is 0 Å². The molecule has 1 saturated heterocycles. The Labute approximate surface area is 116 Å². The zero-order valence-electron chi connectivity index (χ0n) is 11.0. The minimum Gasteiger partial charge on any atom is -0.481 e. The first-order chi connectivity index (χ1) is 9.66. The number of aliphatic carboxylic acids is 1. The number of carbonyl (C=O) groups is 2. The van der Waals surface area contributed by atoms with Crippen molar-refractivity contribution in [1.82, 2.24) is 4.90 Å². The van der Waals surface area contributed by atoms with Crippen molar-refractivity contribution < 1.29 is 24.5 Å². The zero-order chi connectivity index (χ0) is 14.4. The summed E-state index contributed by atoms with van der Waals surface area (Å²) in [5, 5.41) is 8.87. The van der Waals surface area contributed by atoms with Gasteiger partial charge in [-0.15, -0.1) is 0 Å². The van der Waals surface area contributed by atoms with E-state index in [9.17, 15) is 9.59 Å². The molecule has 6 nitrogen and oxygen atoms in total. The molecule has 1 aromatic carbocycles. The van der Waals surface area contributed by atoms with Crippen molar-refractivity contribution in [3.63, 3.8) is 0 Å². The highest BCUT2D eigenvalue weighted by molar-refractivity contribution is 5.71. The van der Waals surface area contributed by atoms with Crippen molar-refractivity contribution in [2.45, 2.75) is 19.4 Å². The molecule has 0 spiro atoms. The lowest BCUT2D eigenvalue weighted by Gasteiger charge is -2.28. The van der Waals surface area contributed by atoms with Crippen LogP contribution in [0.4, 0.5) is 4.79 Å². The van der Waals surface area contributed by atoms with Crippen LogP contribution in [0.15, 0.2) is 30.3 Å². The van der Waals surface area contributed by atoms with Gasteiger partial charge in [0.05, 0.1) is 5.92 Å². The summed E-state index contributed by atoms with van der Waals surface area (Å²) in [5.74, 6) is -1.18. The summed E-state index contributed by atoms with van der Waals surface area (Å²) in [4.78, 5) is 33.6. The number of rotatable bonds is 4. The fourth-order valence-electron chi connectivity index (χ4n) is 2.08. The first-order valence-electron chi connectivity index (χ1n) is 6.52. The van der Waals surface area contributed by atoms with Gasteiger partial charge in [0.15, 0.2) is 0 Å². The van der Waals surface area contributed by atoms with Crippen LogP contribution in [0, 0.1) is 5.92 Å². The minimum atomic E-state index is -0.807. The van der Waals surface area contributed by atoms with E-state index in [0.29, 0.717) is 25.9 Å². The van der Waals surface area contributed by atoms with Crippen molar-refractivity contribution in [2.75, 3.05) is 13.1 Å². The summed E-state index contributed by atoms with van der Waals surface area (Å²) in [7, 11) is 0. The van der Waals surface area contributed by atoms with Crippen LogP contribution in [-0.2, 0) is 21.2 Å². The Morgan fingerprint density at radius 1 is 1.20 bits per heavy atom. The molecule has 1 fully saturated rings. The van der Waals surface area contributed by atoms with E-state index in [2.05, 4.69) is 0 Å². The largest absolute Gasteiger partial charge is 0.481 e. The lowest BCUT2D eigenvalue weighted by Crippen LogP contribution is -2.40. The van der Waals surface area contributed by atoms with Crippen LogP contribution < -0.4 is 0 Å². The Morgan fingerprint density at radius 3 is 2.45 bits per heavy atom. The molecule has 1 aromatic rings. The summed E-state index contributed by atoms with van der Waals surface area (Å²) in [6.07, 6.45) is 0.330. The van der Waals surface area contributed by atoms with Crippen molar-refractivity contribution in [2.24, 2.45) is 5.92 Å². The molecule has 0 aliphatic carbocycles. The quantitative estimate of drug-likeness (QED) is 0.674. The maximum atomic E-state index is 11.7. The lowest BCUT2D eigenvalue weighted by atomic mass is 9.97. The Balaban J connectivity index is 1.69. The number of carboxylic acids is 1. The van der Waals surface area contributed by atoms with Crippen LogP contribution in [-0.4, -0.2) is 35.2 Å². The molecule has 0 bridgehead atoms. The van der Waals surface area contributed by atoms with Crippen molar-refractivity contribution in [1.29, 1.82) is 0 Å². The minimum absolute atomic E-state index is 0.193. The SMILES string of the molecule is O=C(O)C1CCN(C(=O)OOCc2ccccc2)CC1. The molecule has 1 amide bonds. The summed E-state index contributed by atoms with van der Waals surface area (Å²) in [5.41, 5.74) is 0.907. The first kappa shape index (κ1) is 14.3. The van der Waals surface area contributed by atoms with Crippen LogP contribution in [0.1, 0.15) is 18.4 Å². The highest BCUT2D eigenvalue weighted by Crippen LogP contribution is 2.18. The third-order valence-corrected chi connectivity index (χ3v) is 3.30. The molecular formula is C14H17NO5. The van der Waals surface area contributed by atoms with Gasteiger partial charge in [-0.25, -0.2) is 4.79 Å². The lowest BCUT2D eigenvalue weighted by molar-refractivity contribution is -0.256. The average molecular weight is 279 g/mol. The summed E-state index contributed by atoms with van der Waals surface area (Å²) >= 11 is 0. The Bertz CT molecular complexity index is 454. The Hall–Kier alpha value is -2.08. The molecule has 20 heavy (non-hydrogen) atoms. The number of nitrogens with zero attached hydrogens (tertiary/aromatic N) is 1. The number of carboxylic acid groups (broad SMARTS) is 1. The van der Waals surface area contributed by atoms with E-state index in [4.69, 9.17) is 14.9 Å². The molecule has 1 aliphatic heterocycles. The standard InChI is InChI=1S/C14H17NO5/c16-13(17)12-6-8-15(9-7-12)14(18)20-19-10-11-4-2-1-3-5-11/h1-5,12H,6-10H2,(H,16,17). The van der Waals surface area contributed by atoms with Gasteiger partial charge in [0.2, 0.25) is 0 Å². The maximum absolute atomic E-state index is 11.7. The van der Waals surface area contributed by atoms with Gasteiger partial charge in [-0.2, -0.15) is 4.89 Å². The highest BCUT2D eigenvalue weighted by atomic mass is 17.2. The van der Waals surface area contributed by atoms with E-state index in [0.717, 1.165) is 5.56 Å². The second-order valence-electron chi connectivity index (χ2n) is 4.70. The average Bonchev–Trinajstić information content (AvgIpc) is 2.48. The third kappa shape index (κ3) is 3.96. The third-order valence-electron chi connectivity index (χ3n) is 3.30. The van der Waals surface area contributed by atoms with E-state index < -0.39 is 12.1 Å². The van der Waals surface area contributed by atoms with Gasteiger partial charge >= 0.3 is 12.1 Å². The van der Waals surface area contributed by atoms with Gasteiger partial charge < -0.3 is 10.0 Å². The number of carbonyl (C=O) groups excluding carboxylic acids is 1. The van der Waals surface area contributed by atoms with E-state index in [-0.39, 0.29) is 12.5 Å². The van der Waals surface area contributed by atoms with Crippen molar-refractivity contribution in [3.05, 3.63) is 35.9 Å². The monoisotopic (exact) mass is 279 g/mol. The summed E-state index contributed by atoms with van der Waals surface area (Å²) < 4.78 is 0. The number of likely N-dealkylation sites (tertiary alicyclic amines) is 1. The van der Waals surface area contributed by atoms with E-state index in [1.165, 1.54) is 4.90 Å². The van der Waals surface area contributed by atoms with Crippen LogP contribution in [0.2, 0.25) is 0 Å². The fraction of sp³-hybridized carbons (Fsp3) is 0.429. The molecule has 0 atom stereocenters. The van der Waals surface area contributed by atoms with Crippen LogP contribution in [0.3, 0.4) is 0 Å². The predicted molar refractivity (Wildman–Crippen MR) is 69.6 cm³/mol. The molecule has 108 valence electrons. The molecular weight excluding hydrogens is 262 g/mol. The number of hydrogen-bond donors (Lipinski definition) is 1. The predicted octanol–water partition coefficient (Wildman–Crippen LogP) is 2.05. The normalized spacial score (nSPS) is 15.9. The van der Waals surface area contributed by atoms with Gasteiger partial charge in [-0.1, -0.05) is 30.3 Å². The van der Waals surface area contributed by atoms with E-state index in [1.807, 2.05) is 30.3 Å². The Kier molecular flexibility index (Phi) is 4.95. The Morgan fingerprint density at radius 2 is 1.85 bits per heavy atom. The summed E-state index contributed by atoms with van der Waals surface area (Å²) in [6.45, 7) is 0.952. The van der Waals surface area contributed by atoms with Gasteiger partial charge in [-0.05, 0) is 18.4 Å². The van der Waals surface area contributed by atoms with Gasteiger partial charge in [0, 0.05) is 13.1 Å². The topological polar surface area (TPSA) is 76.1 Å². The number of piperidine rings is 1. The van der Waals surface area contributed by atoms with Crippen LogP contribution >= 0.6 is 0 Å². The number of benzene rings is 1. The molecule has 0 saturated carbocycles. The van der Waals surface area contributed by atoms with Gasteiger partial charge in [0.25, 0.3) is 0 Å². The zero-order valence-corrected chi connectivity index (χ0v) is 11.0. The van der Waals surface area contributed by atoms with Crippen molar-refractivity contribution in [3.8, 4) is 0 Å². The smallest absolute Gasteiger partial charge is 0.441 e. The molecule has 0 aromatic heterocycles. The first-order valence-corrected chi connectivity index (χ1v) is 6.52. The second kappa shape index (κ2) is 6.91. The second-order valence-corrected chi connectivity index (χ2v) is 4.70. The molecule has 0 radical (unpaired) electrons. The number of hydrogen-bond acceptors (Lipinski definition) is 4. The molecule has 2 rings (SSSR count).